The molecule has 0 aliphatic rings. The van der Waals surface area contributed by atoms with E-state index in [9.17, 15) is 4.79 Å². The van der Waals surface area contributed by atoms with Gasteiger partial charge in [0, 0.05) is 10.0 Å². The lowest BCUT2D eigenvalue weighted by atomic mass is 10.2. The van der Waals surface area contributed by atoms with Gasteiger partial charge in [0.2, 0.25) is 0 Å². The molecule has 7 heteroatoms. The number of hydrogen-bond acceptors (Lipinski definition) is 1. The Morgan fingerprint density at radius 1 is 0.850 bits per heavy atom. The van der Waals surface area contributed by atoms with Gasteiger partial charge in [0.05, 0.1) is 21.4 Å². The number of amides is 2. The fourth-order valence-electron chi connectivity index (χ4n) is 1.69. The molecule has 3 nitrogen and oxygen atoms in total. The minimum Gasteiger partial charge on any atom is -0.351 e. The Hall–Kier alpha value is -1.13. The van der Waals surface area contributed by atoms with Crippen molar-refractivity contribution in [3.63, 3.8) is 0 Å². The zero-order valence-electron chi connectivity index (χ0n) is 9.91. The van der Waals surface area contributed by atoms with Gasteiger partial charge in [-0.15, -0.1) is 0 Å². The van der Waals surface area contributed by atoms with Crippen molar-refractivity contribution >= 4 is 63.8 Å². The molecule has 0 heterocycles. The van der Waals surface area contributed by atoms with Crippen LogP contribution in [0.2, 0.25) is 20.1 Å². The summed E-state index contributed by atoms with van der Waals surface area (Å²) in [5.74, 6) is 0. The predicted molar refractivity (Wildman–Crippen MR) is 84.6 cm³/mol. The number of hydrogen-bond donors (Lipinski definition) is 1. The molecule has 0 unspecified atom stereocenters. The molecule has 2 N–H and O–H groups in total. The quantitative estimate of drug-likeness (QED) is 0.762. The zero-order chi connectivity index (χ0) is 14.9. The van der Waals surface area contributed by atoms with Crippen LogP contribution in [0.1, 0.15) is 0 Å². The normalized spacial score (nSPS) is 10.4. The average Bonchev–Trinajstić information content (AvgIpc) is 2.34. The number of nitrogens with two attached hydrogens (primary N) is 1. The van der Waals surface area contributed by atoms with Crippen molar-refractivity contribution in [3.8, 4) is 0 Å². The number of carbonyl (C=O) groups is 1. The summed E-state index contributed by atoms with van der Waals surface area (Å²) in [5.41, 5.74) is 6.18. The highest BCUT2D eigenvalue weighted by Crippen LogP contribution is 2.37. The maximum atomic E-state index is 11.7. The second-order valence-corrected chi connectivity index (χ2v) is 5.55. The molecule has 0 aromatic heterocycles. The summed E-state index contributed by atoms with van der Waals surface area (Å²) in [4.78, 5) is 12.9. The largest absolute Gasteiger partial charge is 0.351 e. The molecule has 0 aliphatic heterocycles. The van der Waals surface area contributed by atoms with Gasteiger partial charge in [-0.25, -0.2) is 4.79 Å². The first-order chi connectivity index (χ1) is 9.40. The smallest absolute Gasteiger partial charge is 0.323 e. The maximum Gasteiger partial charge on any atom is 0.323 e. The van der Waals surface area contributed by atoms with E-state index in [0.29, 0.717) is 21.4 Å². The number of nitrogens with zero attached hydrogens (tertiary/aromatic N) is 1. The number of primary amides is 1. The number of rotatable bonds is 2. The molecular weight excluding hydrogens is 342 g/mol. The highest BCUT2D eigenvalue weighted by Gasteiger charge is 2.20. The Morgan fingerprint density at radius 3 is 1.55 bits per heavy atom. The summed E-state index contributed by atoms with van der Waals surface area (Å²) in [6.07, 6.45) is 0. The van der Waals surface area contributed by atoms with E-state index in [4.69, 9.17) is 52.1 Å². The molecule has 0 atom stereocenters. The Bertz CT molecular complexity index is 624. The average molecular weight is 350 g/mol. The Labute approximate surface area is 135 Å². The standard InChI is InChI=1S/C13H8Cl4N2O/c14-7-1-3-11(9(16)5-7)19(13(18)20)12-4-2-8(15)6-10(12)17/h1-6H,(H2,18,20). The predicted octanol–water partition coefficient (Wildman–Crippen LogP) is 5.52. The second-order valence-electron chi connectivity index (χ2n) is 3.87. The van der Waals surface area contributed by atoms with Crippen molar-refractivity contribution < 1.29 is 4.79 Å². The van der Waals surface area contributed by atoms with E-state index in [-0.39, 0.29) is 10.0 Å². The molecule has 0 aliphatic carbocycles. The van der Waals surface area contributed by atoms with E-state index in [2.05, 4.69) is 0 Å². The van der Waals surface area contributed by atoms with Crippen LogP contribution in [0.3, 0.4) is 0 Å². The number of halogens is 4. The molecule has 2 aromatic carbocycles. The topological polar surface area (TPSA) is 46.3 Å². The number of anilines is 2. The summed E-state index contributed by atoms with van der Waals surface area (Å²) < 4.78 is 0. The molecule has 2 amide bonds. The van der Waals surface area contributed by atoms with Gasteiger partial charge in [0.15, 0.2) is 0 Å². The fourth-order valence-corrected chi connectivity index (χ4v) is 2.68. The molecule has 0 fully saturated rings. The molecule has 0 bridgehead atoms. The molecule has 104 valence electrons. The minimum absolute atomic E-state index is 0.280. The van der Waals surface area contributed by atoms with Crippen molar-refractivity contribution in [2.45, 2.75) is 0 Å². The highest BCUT2D eigenvalue weighted by molar-refractivity contribution is 6.38. The van der Waals surface area contributed by atoms with Gasteiger partial charge in [0.25, 0.3) is 0 Å². The second kappa shape index (κ2) is 6.10. The van der Waals surface area contributed by atoms with Crippen molar-refractivity contribution in [2.24, 2.45) is 5.73 Å². The first-order valence-electron chi connectivity index (χ1n) is 5.40. The van der Waals surface area contributed by atoms with Crippen LogP contribution in [-0.4, -0.2) is 6.03 Å². The summed E-state index contributed by atoms with van der Waals surface area (Å²) in [7, 11) is 0. The van der Waals surface area contributed by atoms with E-state index >= 15 is 0 Å². The van der Waals surface area contributed by atoms with Crippen molar-refractivity contribution in [3.05, 3.63) is 56.5 Å². The Kier molecular flexibility index (Phi) is 4.66. The van der Waals surface area contributed by atoms with Gasteiger partial charge in [0.1, 0.15) is 0 Å². The van der Waals surface area contributed by atoms with E-state index in [0.717, 1.165) is 0 Å². The van der Waals surface area contributed by atoms with Crippen LogP contribution in [0, 0.1) is 0 Å². The van der Waals surface area contributed by atoms with E-state index in [1.54, 1.807) is 24.3 Å². The van der Waals surface area contributed by atoms with E-state index < -0.39 is 6.03 Å². The number of benzene rings is 2. The van der Waals surface area contributed by atoms with Gasteiger partial charge >= 0.3 is 6.03 Å². The first-order valence-corrected chi connectivity index (χ1v) is 6.91. The molecule has 0 saturated heterocycles. The Balaban J connectivity index is 2.59. The van der Waals surface area contributed by atoms with Gasteiger partial charge in [-0.1, -0.05) is 46.4 Å². The highest BCUT2D eigenvalue weighted by atomic mass is 35.5. The fraction of sp³-hybridized carbons (Fsp3) is 0. The third-order valence-electron chi connectivity index (χ3n) is 2.52. The summed E-state index contributed by atoms with van der Waals surface area (Å²) in [6.45, 7) is 0. The summed E-state index contributed by atoms with van der Waals surface area (Å²) in [6, 6.07) is 8.67. The number of carbonyl (C=O) groups excluding carboxylic acids is 1. The third-order valence-corrected chi connectivity index (χ3v) is 3.60. The molecular formula is C13H8Cl4N2O. The molecule has 0 radical (unpaired) electrons. The molecule has 0 saturated carbocycles. The molecule has 2 aromatic rings. The lowest BCUT2D eigenvalue weighted by molar-refractivity contribution is 0.256. The van der Waals surface area contributed by atoms with Crippen LogP contribution in [0.4, 0.5) is 16.2 Å². The third kappa shape index (κ3) is 3.13. The van der Waals surface area contributed by atoms with Crippen molar-refractivity contribution in [1.82, 2.24) is 0 Å². The van der Waals surface area contributed by atoms with Gasteiger partial charge in [-0.05, 0) is 36.4 Å². The van der Waals surface area contributed by atoms with Crippen LogP contribution in [0.5, 0.6) is 0 Å². The monoisotopic (exact) mass is 348 g/mol. The van der Waals surface area contributed by atoms with Crippen molar-refractivity contribution in [2.75, 3.05) is 4.90 Å². The molecule has 0 spiro atoms. The first kappa shape index (κ1) is 15.3. The van der Waals surface area contributed by atoms with E-state index in [1.807, 2.05) is 0 Å². The van der Waals surface area contributed by atoms with Crippen LogP contribution < -0.4 is 10.6 Å². The van der Waals surface area contributed by atoms with Crippen molar-refractivity contribution in [1.29, 1.82) is 0 Å². The maximum absolute atomic E-state index is 11.7. The van der Waals surface area contributed by atoms with Crippen LogP contribution >= 0.6 is 46.4 Å². The summed E-state index contributed by atoms with van der Waals surface area (Å²) >= 11 is 23.9. The molecule has 2 rings (SSSR count). The SMILES string of the molecule is NC(=O)N(c1ccc(Cl)cc1Cl)c1ccc(Cl)cc1Cl. The van der Waals surface area contributed by atoms with Crippen LogP contribution in [0.15, 0.2) is 36.4 Å². The lowest BCUT2D eigenvalue weighted by Gasteiger charge is -2.23. The van der Waals surface area contributed by atoms with Crippen LogP contribution in [0.25, 0.3) is 0 Å². The lowest BCUT2D eigenvalue weighted by Crippen LogP contribution is -2.31. The van der Waals surface area contributed by atoms with Gasteiger partial charge in [-0.2, -0.15) is 0 Å². The van der Waals surface area contributed by atoms with Gasteiger partial charge < -0.3 is 5.73 Å². The Morgan fingerprint density at radius 2 is 1.25 bits per heavy atom. The van der Waals surface area contributed by atoms with E-state index in [1.165, 1.54) is 17.0 Å². The zero-order valence-corrected chi connectivity index (χ0v) is 12.9. The molecule has 20 heavy (non-hydrogen) atoms. The summed E-state index contributed by atoms with van der Waals surface area (Å²) in [5, 5.41) is 1.46. The van der Waals surface area contributed by atoms with Crippen LogP contribution in [-0.2, 0) is 0 Å². The minimum atomic E-state index is -0.724. The number of urea groups is 1. The van der Waals surface area contributed by atoms with Gasteiger partial charge in [-0.3, -0.25) is 4.90 Å².